The zero-order valence-electron chi connectivity index (χ0n) is 12.7. The Morgan fingerprint density at radius 1 is 1.24 bits per heavy atom. The van der Waals surface area contributed by atoms with Gasteiger partial charge in [0.25, 0.3) is 0 Å². The van der Waals surface area contributed by atoms with Gasteiger partial charge in [0, 0.05) is 12.6 Å². The van der Waals surface area contributed by atoms with E-state index in [2.05, 4.69) is 20.8 Å². The molecule has 6 nitrogen and oxygen atoms in total. The quantitative estimate of drug-likeness (QED) is 0.881. The molecule has 0 radical (unpaired) electrons. The fraction of sp³-hybridized carbons (Fsp3) is 0.400. The van der Waals surface area contributed by atoms with Gasteiger partial charge >= 0.3 is 0 Å². The zero-order chi connectivity index (χ0) is 15.4. The van der Waals surface area contributed by atoms with Crippen LogP contribution in [-0.4, -0.2) is 22.1 Å². The minimum Gasteiger partial charge on any atom is -0.424 e. The van der Waals surface area contributed by atoms with Crippen molar-refractivity contribution in [3.63, 3.8) is 0 Å². The summed E-state index contributed by atoms with van der Waals surface area (Å²) in [5, 5.41) is 13.6. The number of rotatable bonds is 5. The number of carbonyl (C=O) groups is 1. The van der Waals surface area contributed by atoms with Crippen LogP contribution < -0.4 is 10.6 Å². The molecule has 0 fully saturated rings. The minimum absolute atomic E-state index is 0.117. The van der Waals surface area contributed by atoms with Gasteiger partial charge in [0.05, 0.1) is 6.54 Å². The highest BCUT2D eigenvalue weighted by Gasteiger charge is 2.15. The van der Waals surface area contributed by atoms with Crippen molar-refractivity contribution in [2.75, 3.05) is 5.32 Å². The number of hydrogen-bond acceptors (Lipinski definition) is 5. The van der Waals surface area contributed by atoms with Crippen LogP contribution in [0.3, 0.4) is 0 Å². The number of amides is 1. The first kappa shape index (κ1) is 15.0. The Balaban J connectivity index is 1.93. The van der Waals surface area contributed by atoms with E-state index < -0.39 is 0 Å². The van der Waals surface area contributed by atoms with Gasteiger partial charge in [-0.2, -0.15) is 0 Å². The lowest BCUT2D eigenvalue weighted by Gasteiger charge is -2.18. The molecule has 0 aliphatic heterocycles. The Hall–Kier alpha value is -2.37. The van der Waals surface area contributed by atoms with E-state index in [0.717, 1.165) is 16.8 Å². The Morgan fingerprint density at radius 3 is 2.48 bits per heavy atom. The summed E-state index contributed by atoms with van der Waals surface area (Å²) in [4.78, 5) is 12.1. The van der Waals surface area contributed by atoms with Crippen LogP contribution in [0.2, 0.25) is 0 Å². The molecule has 21 heavy (non-hydrogen) atoms. The number of anilines is 1. The van der Waals surface area contributed by atoms with Gasteiger partial charge in [-0.05, 0) is 31.9 Å². The number of nitrogens with one attached hydrogen (secondary N) is 2. The highest BCUT2D eigenvalue weighted by atomic mass is 16.4. The lowest BCUT2D eigenvalue weighted by atomic mass is 10.1. The summed E-state index contributed by atoms with van der Waals surface area (Å²) in [6, 6.07) is 5.68. The maximum Gasteiger partial charge on any atom is 0.242 e. The first-order valence-electron chi connectivity index (χ1n) is 6.87. The lowest BCUT2D eigenvalue weighted by Crippen LogP contribution is -2.37. The van der Waals surface area contributed by atoms with Gasteiger partial charge in [-0.25, -0.2) is 0 Å². The summed E-state index contributed by atoms with van der Waals surface area (Å²) in [6.07, 6.45) is 0. The van der Waals surface area contributed by atoms with Gasteiger partial charge in [0.2, 0.25) is 17.7 Å². The SMILES string of the molecule is Cc1nnc(CNC(=O)[C@H](C)Nc2c(C)cccc2C)o1. The first-order chi connectivity index (χ1) is 9.97. The largest absolute Gasteiger partial charge is 0.424 e. The smallest absolute Gasteiger partial charge is 0.242 e. The van der Waals surface area contributed by atoms with Crippen molar-refractivity contribution in [1.29, 1.82) is 0 Å². The summed E-state index contributed by atoms with van der Waals surface area (Å²) < 4.78 is 5.21. The number of hydrogen-bond donors (Lipinski definition) is 2. The lowest BCUT2D eigenvalue weighted by molar-refractivity contribution is -0.121. The molecule has 2 N–H and O–H groups in total. The topological polar surface area (TPSA) is 80.0 Å². The van der Waals surface area contributed by atoms with Crippen molar-refractivity contribution >= 4 is 11.6 Å². The standard InChI is InChI=1S/C15H20N4O2/c1-9-6-5-7-10(2)14(9)17-11(3)15(20)16-8-13-19-18-12(4)21-13/h5-7,11,17H,8H2,1-4H3,(H,16,20)/t11-/m0/s1. The second kappa shape index (κ2) is 6.39. The second-order valence-corrected chi connectivity index (χ2v) is 5.07. The molecule has 1 atom stereocenters. The molecular formula is C15H20N4O2. The van der Waals surface area contributed by atoms with Crippen molar-refractivity contribution < 1.29 is 9.21 Å². The molecule has 0 spiro atoms. The van der Waals surface area contributed by atoms with E-state index in [0.29, 0.717) is 11.8 Å². The van der Waals surface area contributed by atoms with Crippen molar-refractivity contribution in [2.45, 2.75) is 40.3 Å². The Labute approximate surface area is 124 Å². The van der Waals surface area contributed by atoms with E-state index in [9.17, 15) is 4.79 Å². The van der Waals surface area contributed by atoms with Crippen molar-refractivity contribution in [3.8, 4) is 0 Å². The molecule has 0 saturated heterocycles. The fourth-order valence-corrected chi connectivity index (χ4v) is 2.05. The van der Waals surface area contributed by atoms with E-state index in [-0.39, 0.29) is 18.5 Å². The third-order valence-electron chi connectivity index (χ3n) is 3.22. The monoisotopic (exact) mass is 288 g/mol. The van der Waals surface area contributed by atoms with Gasteiger partial charge in [-0.1, -0.05) is 18.2 Å². The van der Waals surface area contributed by atoms with Crippen LogP contribution in [0.1, 0.15) is 29.8 Å². The van der Waals surface area contributed by atoms with Gasteiger partial charge in [0.1, 0.15) is 6.04 Å². The summed E-state index contributed by atoms with van der Waals surface area (Å²) in [5.41, 5.74) is 3.22. The predicted octanol–water partition coefficient (Wildman–Crippen LogP) is 2.11. The van der Waals surface area contributed by atoms with Crippen molar-refractivity contribution in [1.82, 2.24) is 15.5 Å². The normalized spacial score (nSPS) is 12.0. The molecule has 1 amide bonds. The summed E-state index contributed by atoms with van der Waals surface area (Å²) in [5.74, 6) is 0.773. The van der Waals surface area contributed by atoms with Gasteiger partial charge < -0.3 is 15.1 Å². The molecule has 1 aromatic heterocycles. The molecule has 0 aliphatic carbocycles. The Bertz CT molecular complexity index is 616. The fourth-order valence-electron chi connectivity index (χ4n) is 2.05. The summed E-state index contributed by atoms with van der Waals surface area (Å²) >= 11 is 0. The van der Waals surface area contributed by atoms with Crippen molar-refractivity contribution in [3.05, 3.63) is 41.1 Å². The number of para-hydroxylation sites is 1. The highest BCUT2D eigenvalue weighted by molar-refractivity contribution is 5.84. The van der Waals surface area contributed by atoms with Crippen LogP contribution in [0.25, 0.3) is 0 Å². The highest BCUT2D eigenvalue weighted by Crippen LogP contribution is 2.20. The molecule has 1 aromatic carbocycles. The molecule has 6 heteroatoms. The van der Waals surface area contributed by atoms with Gasteiger partial charge in [-0.3, -0.25) is 4.79 Å². The number of aryl methyl sites for hydroxylation is 3. The maximum atomic E-state index is 12.1. The molecule has 2 rings (SSSR count). The van der Waals surface area contributed by atoms with Crippen LogP contribution in [0.5, 0.6) is 0 Å². The first-order valence-corrected chi connectivity index (χ1v) is 6.87. The number of nitrogens with zero attached hydrogens (tertiary/aromatic N) is 2. The average molecular weight is 288 g/mol. The molecule has 112 valence electrons. The Morgan fingerprint density at radius 2 is 1.90 bits per heavy atom. The zero-order valence-corrected chi connectivity index (χ0v) is 12.7. The number of aromatic nitrogens is 2. The van der Waals surface area contributed by atoms with E-state index >= 15 is 0 Å². The van der Waals surface area contributed by atoms with Crippen LogP contribution in [0, 0.1) is 20.8 Å². The van der Waals surface area contributed by atoms with Crippen LogP contribution in [0.15, 0.2) is 22.6 Å². The van der Waals surface area contributed by atoms with E-state index in [1.807, 2.05) is 39.0 Å². The molecular weight excluding hydrogens is 268 g/mol. The second-order valence-electron chi connectivity index (χ2n) is 5.07. The summed E-state index contributed by atoms with van der Waals surface area (Å²) in [6.45, 7) is 7.80. The van der Waals surface area contributed by atoms with Crippen LogP contribution in [-0.2, 0) is 11.3 Å². The minimum atomic E-state index is -0.353. The number of benzene rings is 1. The van der Waals surface area contributed by atoms with Gasteiger partial charge in [0.15, 0.2) is 0 Å². The van der Waals surface area contributed by atoms with E-state index in [4.69, 9.17) is 4.42 Å². The van der Waals surface area contributed by atoms with Crippen LogP contribution in [0.4, 0.5) is 5.69 Å². The maximum absolute atomic E-state index is 12.1. The third kappa shape index (κ3) is 3.81. The molecule has 1 heterocycles. The molecule has 0 saturated carbocycles. The molecule has 2 aromatic rings. The van der Waals surface area contributed by atoms with Crippen molar-refractivity contribution in [2.24, 2.45) is 0 Å². The predicted molar refractivity (Wildman–Crippen MR) is 79.9 cm³/mol. The van der Waals surface area contributed by atoms with Crippen LogP contribution >= 0.6 is 0 Å². The molecule has 0 bridgehead atoms. The summed E-state index contributed by atoms with van der Waals surface area (Å²) in [7, 11) is 0. The Kier molecular flexibility index (Phi) is 4.57. The molecule has 0 aliphatic rings. The molecule has 0 unspecified atom stereocenters. The number of carbonyl (C=O) groups excluding carboxylic acids is 1. The van der Waals surface area contributed by atoms with E-state index in [1.165, 1.54) is 0 Å². The average Bonchev–Trinajstić information content (AvgIpc) is 2.86. The third-order valence-corrected chi connectivity index (χ3v) is 3.22. The van der Waals surface area contributed by atoms with E-state index in [1.54, 1.807) is 6.92 Å². The van der Waals surface area contributed by atoms with Gasteiger partial charge in [-0.15, -0.1) is 10.2 Å².